The van der Waals surface area contributed by atoms with Gasteiger partial charge in [0.05, 0.1) is 5.02 Å². The average molecular weight is 519 g/mol. The molecule has 0 bridgehead atoms. The summed E-state index contributed by atoms with van der Waals surface area (Å²) in [6.07, 6.45) is 13.6. The number of ketones is 1. The molecule has 1 aromatic carbocycles. The van der Waals surface area contributed by atoms with E-state index in [-0.39, 0.29) is 16.6 Å². The first-order valence-electron chi connectivity index (χ1n) is 12.6. The number of nitrogens with zero attached hydrogens (tertiary/aromatic N) is 2. The van der Waals surface area contributed by atoms with Crippen LogP contribution in [-0.4, -0.2) is 11.5 Å². The van der Waals surface area contributed by atoms with Gasteiger partial charge in [0, 0.05) is 33.3 Å². The van der Waals surface area contributed by atoms with Crippen LogP contribution >= 0.6 is 23.4 Å². The number of Topliss-reactive ketones (excluding diaryl/α,β-unsaturated/α-hetero) is 1. The molecule has 1 aliphatic heterocycles. The van der Waals surface area contributed by atoms with E-state index in [0.717, 1.165) is 45.1 Å². The number of carbonyl (C=O) groups is 1. The molecule has 0 fully saturated rings. The number of benzene rings is 1. The highest BCUT2D eigenvalue weighted by molar-refractivity contribution is 8.03. The van der Waals surface area contributed by atoms with Crippen LogP contribution in [0.25, 0.3) is 0 Å². The molecule has 0 radical (unpaired) electrons. The molecule has 3 nitrogen and oxygen atoms in total. The van der Waals surface area contributed by atoms with Crippen molar-refractivity contribution >= 4 is 34.8 Å². The number of thioether (sulfide) groups is 1. The molecule has 0 spiro atoms. The molecular formula is C31H35ClN2OS. The van der Waals surface area contributed by atoms with Gasteiger partial charge < -0.3 is 0 Å². The van der Waals surface area contributed by atoms with Crippen LogP contribution < -0.4 is 0 Å². The summed E-state index contributed by atoms with van der Waals surface area (Å²) in [5, 5.41) is 10.1. The summed E-state index contributed by atoms with van der Waals surface area (Å²) in [7, 11) is 0. The van der Waals surface area contributed by atoms with Gasteiger partial charge in [0.1, 0.15) is 11.4 Å². The fourth-order valence-corrected chi connectivity index (χ4v) is 5.98. The second-order valence-electron chi connectivity index (χ2n) is 11.5. The Kier molecular flexibility index (Phi) is 7.50. The Morgan fingerprint density at radius 1 is 1.06 bits per heavy atom. The monoisotopic (exact) mass is 518 g/mol. The number of allylic oxidation sites excluding steroid dienone is 10. The molecule has 1 atom stereocenters. The van der Waals surface area contributed by atoms with E-state index in [0.29, 0.717) is 16.6 Å². The van der Waals surface area contributed by atoms with Crippen LogP contribution in [0.15, 0.2) is 97.8 Å². The lowest BCUT2D eigenvalue weighted by atomic mass is 9.71. The van der Waals surface area contributed by atoms with Gasteiger partial charge in [-0.3, -0.25) is 4.79 Å². The zero-order chi connectivity index (χ0) is 26.3. The molecule has 0 saturated carbocycles. The minimum Gasteiger partial charge on any atom is -0.289 e. The maximum Gasteiger partial charge on any atom is 0.186 e. The van der Waals surface area contributed by atoms with E-state index in [1.807, 2.05) is 30.4 Å². The first-order chi connectivity index (χ1) is 16.9. The molecular weight excluding hydrogens is 484 g/mol. The fourth-order valence-electron chi connectivity index (χ4n) is 4.51. The third-order valence-electron chi connectivity index (χ3n) is 6.67. The van der Waals surface area contributed by atoms with Crippen LogP contribution in [0.2, 0.25) is 5.02 Å². The number of rotatable bonds is 4. The molecule has 0 N–H and O–H groups in total. The number of halogens is 1. The third-order valence-corrected chi connectivity index (χ3v) is 8.23. The van der Waals surface area contributed by atoms with Crippen LogP contribution in [0.4, 0.5) is 5.69 Å². The lowest BCUT2D eigenvalue weighted by Crippen LogP contribution is -2.28. The Balaban J connectivity index is 1.98. The molecule has 0 aromatic heterocycles. The van der Waals surface area contributed by atoms with Crippen molar-refractivity contribution in [1.29, 1.82) is 0 Å². The minimum absolute atomic E-state index is 0.115. The Morgan fingerprint density at radius 3 is 2.33 bits per heavy atom. The summed E-state index contributed by atoms with van der Waals surface area (Å²) < 4.78 is 0. The van der Waals surface area contributed by atoms with Crippen molar-refractivity contribution < 1.29 is 4.79 Å². The third kappa shape index (κ3) is 5.45. The molecule has 1 aromatic rings. The minimum atomic E-state index is -0.301. The molecule has 188 valence electrons. The van der Waals surface area contributed by atoms with Gasteiger partial charge in [-0.25, -0.2) is 0 Å². The Labute approximate surface area is 224 Å². The van der Waals surface area contributed by atoms with Crippen molar-refractivity contribution in [3.63, 3.8) is 0 Å². The standard InChI is InChI=1S/C31H35ClN2OS/c1-8-19-13-14-25(32)26(15-19)33-34-27(29-22-12-10-9-11-20(22)18-36-29)21-16-23(30(2,3)4)28(35)24(17-21)31(5,6)7/h9-17,20H,8,18H2,1-7H3. The Morgan fingerprint density at radius 2 is 1.72 bits per heavy atom. The first kappa shape index (κ1) is 26.6. The molecule has 5 heteroatoms. The molecule has 0 saturated heterocycles. The fraction of sp³-hybridized carbons (Fsp3) is 0.387. The molecule has 1 unspecified atom stereocenters. The van der Waals surface area contributed by atoms with E-state index in [4.69, 9.17) is 16.7 Å². The van der Waals surface area contributed by atoms with Gasteiger partial charge in [-0.1, -0.05) is 90.4 Å². The zero-order valence-electron chi connectivity index (χ0n) is 22.3. The number of carbonyl (C=O) groups excluding carboxylic acids is 1. The van der Waals surface area contributed by atoms with Gasteiger partial charge in [-0.2, -0.15) is 0 Å². The van der Waals surface area contributed by atoms with Crippen molar-refractivity contribution in [3.05, 3.63) is 98.1 Å². The van der Waals surface area contributed by atoms with Crippen LogP contribution in [0, 0.1) is 16.7 Å². The van der Waals surface area contributed by atoms with Gasteiger partial charge >= 0.3 is 0 Å². The average Bonchev–Trinajstić information content (AvgIpc) is 3.23. The van der Waals surface area contributed by atoms with Crippen molar-refractivity contribution in [1.82, 2.24) is 0 Å². The molecule has 0 amide bonds. The van der Waals surface area contributed by atoms with Crippen LogP contribution in [0.1, 0.15) is 54.0 Å². The summed E-state index contributed by atoms with van der Waals surface area (Å²) in [6, 6.07) is 5.90. The lowest BCUT2D eigenvalue weighted by Gasteiger charge is -2.31. The van der Waals surface area contributed by atoms with Crippen molar-refractivity contribution in [2.45, 2.75) is 54.9 Å². The Bertz CT molecular complexity index is 1270. The first-order valence-corrected chi connectivity index (χ1v) is 13.9. The van der Waals surface area contributed by atoms with Gasteiger partial charge in [0.25, 0.3) is 0 Å². The van der Waals surface area contributed by atoms with E-state index >= 15 is 0 Å². The second-order valence-corrected chi connectivity index (χ2v) is 13.0. The van der Waals surface area contributed by atoms with Gasteiger partial charge in [0.15, 0.2) is 5.78 Å². The summed E-state index contributed by atoms with van der Waals surface area (Å²) >= 11 is 8.31. The van der Waals surface area contributed by atoms with Crippen LogP contribution in [-0.2, 0) is 11.2 Å². The molecule has 36 heavy (non-hydrogen) atoms. The number of hydrogen-bond acceptors (Lipinski definition) is 4. The SMILES string of the molecule is CCc1ccc(Cl)c(N=NC(=C2C=C(C(C)(C)C)C(=O)C(C(C)(C)C)=C2)C2=C3C=CC=CC3CS2)c1. The quantitative estimate of drug-likeness (QED) is 0.372. The van der Waals surface area contributed by atoms with E-state index < -0.39 is 0 Å². The number of aryl methyl sites for hydroxylation is 1. The summed E-state index contributed by atoms with van der Waals surface area (Å²) in [6.45, 7) is 14.7. The van der Waals surface area contributed by atoms with Gasteiger partial charge in [-0.15, -0.1) is 22.0 Å². The topological polar surface area (TPSA) is 41.8 Å². The zero-order valence-corrected chi connectivity index (χ0v) is 23.8. The van der Waals surface area contributed by atoms with Crippen molar-refractivity contribution in [2.75, 3.05) is 5.75 Å². The smallest absolute Gasteiger partial charge is 0.186 e. The largest absolute Gasteiger partial charge is 0.289 e. The maximum absolute atomic E-state index is 13.6. The van der Waals surface area contributed by atoms with E-state index in [2.05, 4.69) is 77.9 Å². The predicted octanol–water partition coefficient (Wildman–Crippen LogP) is 9.51. The maximum atomic E-state index is 13.6. The van der Waals surface area contributed by atoms with E-state index in [1.54, 1.807) is 11.8 Å². The van der Waals surface area contributed by atoms with Crippen molar-refractivity contribution in [3.8, 4) is 0 Å². The second kappa shape index (κ2) is 10.1. The van der Waals surface area contributed by atoms with E-state index in [9.17, 15) is 4.79 Å². The molecule has 1 heterocycles. The number of hydrogen-bond donors (Lipinski definition) is 0. The summed E-state index contributed by atoms with van der Waals surface area (Å²) in [5.41, 5.74) is 5.79. The van der Waals surface area contributed by atoms with Crippen LogP contribution in [0.3, 0.4) is 0 Å². The Hall–Kier alpha value is -2.43. The number of fused-ring (bicyclic) bond motifs is 1. The number of azo groups is 1. The molecule has 3 aliphatic rings. The highest BCUT2D eigenvalue weighted by atomic mass is 35.5. The van der Waals surface area contributed by atoms with Gasteiger partial charge in [0.2, 0.25) is 0 Å². The van der Waals surface area contributed by atoms with Gasteiger partial charge in [-0.05, 0) is 52.7 Å². The highest BCUT2D eigenvalue weighted by Gasteiger charge is 2.36. The normalized spacial score (nSPS) is 20.3. The molecule has 4 rings (SSSR count). The highest BCUT2D eigenvalue weighted by Crippen LogP contribution is 2.47. The van der Waals surface area contributed by atoms with Crippen molar-refractivity contribution in [2.24, 2.45) is 27.0 Å². The summed E-state index contributed by atoms with van der Waals surface area (Å²) in [5.74, 6) is 1.44. The summed E-state index contributed by atoms with van der Waals surface area (Å²) in [4.78, 5) is 14.7. The predicted molar refractivity (Wildman–Crippen MR) is 154 cm³/mol. The van der Waals surface area contributed by atoms with Crippen LogP contribution in [0.5, 0.6) is 0 Å². The van der Waals surface area contributed by atoms with E-state index in [1.165, 1.54) is 5.57 Å². The molecule has 2 aliphatic carbocycles. The lowest BCUT2D eigenvalue weighted by molar-refractivity contribution is -0.114.